The van der Waals surface area contributed by atoms with Crippen LogP contribution in [0.5, 0.6) is 0 Å². The molecule has 0 bridgehead atoms. The first-order valence-electron chi connectivity index (χ1n) is 5.09. The van der Waals surface area contributed by atoms with Gasteiger partial charge >= 0.3 is 6.09 Å². The highest BCUT2D eigenvalue weighted by atomic mass is 79.9. The van der Waals surface area contributed by atoms with Crippen LogP contribution in [-0.4, -0.2) is 45.7 Å². The van der Waals surface area contributed by atoms with Gasteiger partial charge < -0.3 is 14.7 Å². The molecule has 2 atom stereocenters. The number of halogens is 1. The van der Waals surface area contributed by atoms with Crippen molar-refractivity contribution in [2.45, 2.75) is 43.7 Å². The standard InChI is InChI=1S/C10H18BrNO3/c1-10(2,3)15-9(14)12-5-4-8(13)7(11)6-12/h7-8,13H,4-6H2,1-3H3. The number of aliphatic hydroxyl groups is 1. The lowest BCUT2D eigenvalue weighted by Gasteiger charge is -2.34. The van der Waals surface area contributed by atoms with Gasteiger partial charge in [-0.15, -0.1) is 0 Å². The minimum absolute atomic E-state index is 0.0567. The second-order valence-corrected chi connectivity index (χ2v) is 5.97. The molecule has 5 heteroatoms. The lowest BCUT2D eigenvalue weighted by Crippen LogP contribution is -2.48. The van der Waals surface area contributed by atoms with Crippen LogP contribution in [0.3, 0.4) is 0 Å². The minimum Gasteiger partial charge on any atom is -0.444 e. The highest BCUT2D eigenvalue weighted by Gasteiger charge is 2.30. The number of aliphatic hydroxyl groups excluding tert-OH is 1. The van der Waals surface area contributed by atoms with Gasteiger partial charge in [-0.3, -0.25) is 0 Å². The van der Waals surface area contributed by atoms with Crippen molar-refractivity contribution < 1.29 is 14.6 Å². The number of nitrogens with zero attached hydrogens (tertiary/aromatic N) is 1. The van der Waals surface area contributed by atoms with E-state index < -0.39 is 5.60 Å². The van der Waals surface area contributed by atoms with Crippen LogP contribution < -0.4 is 0 Å². The summed E-state index contributed by atoms with van der Waals surface area (Å²) in [6, 6.07) is 0. The molecule has 0 aromatic carbocycles. The molecular formula is C10H18BrNO3. The van der Waals surface area contributed by atoms with E-state index in [0.717, 1.165) is 0 Å². The molecule has 0 aliphatic carbocycles. The number of likely N-dealkylation sites (tertiary alicyclic amines) is 1. The second-order valence-electron chi connectivity index (χ2n) is 4.80. The van der Waals surface area contributed by atoms with Crippen molar-refractivity contribution in [2.24, 2.45) is 0 Å². The average molecular weight is 280 g/mol. The molecule has 2 unspecified atom stereocenters. The maximum absolute atomic E-state index is 11.7. The first-order valence-corrected chi connectivity index (χ1v) is 6.01. The summed E-state index contributed by atoms with van der Waals surface area (Å²) in [6.07, 6.45) is -0.0858. The van der Waals surface area contributed by atoms with Crippen LogP contribution in [-0.2, 0) is 4.74 Å². The normalized spacial score (nSPS) is 27.7. The summed E-state index contributed by atoms with van der Waals surface area (Å²) in [7, 11) is 0. The summed E-state index contributed by atoms with van der Waals surface area (Å²) < 4.78 is 5.25. The lowest BCUT2D eigenvalue weighted by molar-refractivity contribution is 0.0120. The largest absolute Gasteiger partial charge is 0.444 e. The van der Waals surface area contributed by atoms with Crippen LogP contribution >= 0.6 is 15.9 Å². The highest BCUT2D eigenvalue weighted by molar-refractivity contribution is 9.09. The number of carbonyl (C=O) groups excluding carboxylic acids is 1. The number of alkyl halides is 1. The lowest BCUT2D eigenvalue weighted by atomic mass is 10.1. The Labute approximate surface area is 98.7 Å². The smallest absolute Gasteiger partial charge is 0.410 e. The van der Waals surface area contributed by atoms with Gasteiger partial charge in [0, 0.05) is 13.1 Å². The molecule has 0 saturated carbocycles. The van der Waals surface area contributed by atoms with Crippen molar-refractivity contribution in [1.82, 2.24) is 4.90 Å². The third-order valence-electron chi connectivity index (χ3n) is 2.16. The number of amides is 1. The molecule has 1 N–H and O–H groups in total. The number of hydrogen-bond donors (Lipinski definition) is 1. The van der Waals surface area contributed by atoms with E-state index >= 15 is 0 Å². The fourth-order valence-corrected chi connectivity index (χ4v) is 2.00. The van der Waals surface area contributed by atoms with Crippen LogP contribution in [0.2, 0.25) is 0 Å². The SMILES string of the molecule is CC(C)(C)OC(=O)N1CCC(O)C(Br)C1. The molecule has 1 heterocycles. The topological polar surface area (TPSA) is 49.8 Å². The molecule has 0 aromatic rings. The van der Waals surface area contributed by atoms with Crippen molar-refractivity contribution >= 4 is 22.0 Å². The maximum atomic E-state index is 11.7. The Bertz CT molecular complexity index is 239. The molecule has 1 saturated heterocycles. The summed E-state index contributed by atoms with van der Waals surface area (Å²) in [5.41, 5.74) is -0.463. The molecule has 4 nitrogen and oxygen atoms in total. The van der Waals surface area contributed by atoms with Crippen molar-refractivity contribution in [1.29, 1.82) is 0 Å². The van der Waals surface area contributed by atoms with Gasteiger partial charge in [0.15, 0.2) is 0 Å². The minimum atomic E-state index is -0.463. The van der Waals surface area contributed by atoms with Gasteiger partial charge in [0.05, 0.1) is 10.9 Å². The Hall–Kier alpha value is -0.290. The third-order valence-corrected chi connectivity index (χ3v) is 3.06. The molecule has 15 heavy (non-hydrogen) atoms. The Balaban J connectivity index is 2.48. The summed E-state index contributed by atoms with van der Waals surface area (Å²) in [6.45, 7) is 6.58. The van der Waals surface area contributed by atoms with Crippen LogP contribution in [0.4, 0.5) is 4.79 Å². The Morgan fingerprint density at radius 1 is 1.53 bits per heavy atom. The Morgan fingerprint density at radius 2 is 2.13 bits per heavy atom. The molecule has 0 radical (unpaired) electrons. The van der Waals surface area contributed by atoms with E-state index in [-0.39, 0.29) is 17.0 Å². The van der Waals surface area contributed by atoms with E-state index in [9.17, 15) is 9.90 Å². The Kier molecular flexibility index (Phi) is 4.00. The second kappa shape index (κ2) is 4.70. The first kappa shape index (κ1) is 12.8. The highest BCUT2D eigenvalue weighted by Crippen LogP contribution is 2.19. The summed E-state index contributed by atoms with van der Waals surface area (Å²) in [5, 5.41) is 9.48. The quantitative estimate of drug-likeness (QED) is 0.688. The summed E-state index contributed by atoms with van der Waals surface area (Å²) >= 11 is 3.34. The molecule has 1 aliphatic rings. The van der Waals surface area contributed by atoms with Crippen molar-refractivity contribution in [3.05, 3.63) is 0 Å². The summed E-state index contributed by atoms with van der Waals surface area (Å²) in [4.78, 5) is 13.2. The zero-order valence-electron chi connectivity index (χ0n) is 9.36. The third kappa shape index (κ3) is 3.99. The molecule has 1 aliphatic heterocycles. The number of piperidine rings is 1. The Morgan fingerprint density at radius 3 is 2.60 bits per heavy atom. The van der Waals surface area contributed by atoms with E-state index in [1.807, 2.05) is 20.8 Å². The van der Waals surface area contributed by atoms with Crippen LogP contribution in [0.15, 0.2) is 0 Å². The average Bonchev–Trinajstić information content (AvgIpc) is 2.06. The van der Waals surface area contributed by atoms with Gasteiger partial charge in [-0.2, -0.15) is 0 Å². The van der Waals surface area contributed by atoms with Gasteiger partial charge in [-0.05, 0) is 27.2 Å². The fraction of sp³-hybridized carbons (Fsp3) is 0.900. The van der Waals surface area contributed by atoms with Crippen LogP contribution in [0.1, 0.15) is 27.2 Å². The van der Waals surface area contributed by atoms with Gasteiger partial charge in [0.2, 0.25) is 0 Å². The zero-order chi connectivity index (χ0) is 11.6. The van der Waals surface area contributed by atoms with E-state index in [2.05, 4.69) is 15.9 Å². The summed E-state index contributed by atoms with van der Waals surface area (Å²) in [5.74, 6) is 0. The zero-order valence-corrected chi connectivity index (χ0v) is 11.0. The number of ether oxygens (including phenoxy) is 1. The van der Waals surface area contributed by atoms with E-state index in [1.54, 1.807) is 4.90 Å². The van der Waals surface area contributed by atoms with E-state index in [4.69, 9.17) is 4.74 Å². The molecule has 0 aromatic heterocycles. The number of carbonyl (C=O) groups is 1. The maximum Gasteiger partial charge on any atom is 0.410 e. The van der Waals surface area contributed by atoms with Crippen LogP contribution in [0.25, 0.3) is 0 Å². The van der Waals surface area contributed by atoms with E-state index in [1.165, 1.54) is 0 Å². The molecule has 1 rings (SSSR count). The first-order chi connectivity index (χ1) is 6.79. The predicted octanol–water partition coefficient (Wildman–Crippen LogP) is 1.75. The van der Waals surface area contributed by atoms with Gasteiger partial charge in [-0.1, -0.05) is 15.9 Å². The van der Waals surface area contributed by atoms with Gasteiger partial charge in [-0.25, -0.2) is 4.79 Å². The predicted molar refractivity (Wildman–Crippen MR) is 61.1 cm³/mol. The van der Waals surface area contributed by atoms with Gasteiger partial charge in [0.25, 0.3) is 0 Å². The van der Waals surface area contributed by atoms with Crippen molar-refractivity contribution in [3.63, 3.8) is 0 Å². The number of hydrogen-bond acceptors (Lipinski definition) is 3. The molecule has 88 valence electrons. The van der Waals surface area contributed by atoms with Gasteiger partial charge in [0.1, 0.15) is 5.60 Å². The molecule has 0 spiro atoms. The molecule has 1 fully saturated rings. The monoisotopic (exact) mass is 279 g/mol. The molecular weight excluding hydrogens is 262 g/mol. The van der Waals surface area contributed by atoms with E-state index in [0.29, 0.717) is 19.5 Å². The fourth-order valence-electron chi connectivity index (χ4n) is 1.38. The van der Waals surface area contributed by atoms with Crippen LogP contribution in [0, 0.1) is 0 Å². The number of rotatable bonds is 0. The molecule has 1 amide bonds. The van der Waals surface area contributed by atoms with Crippen molar-refractivity contribution in [3.8, 4) is 0 Å². The van der Waals surface area contributed by atoms with Crippen molar-refractivity contribution in [2.75, 3.05) is 13.1 Å².